The van der Waals surface area contributed by atoms with E-state index in [-0.39, 0.29) is 12.4 Å². The third kappa shape index (κ3) is 3.78. The van der Waals surface area contributed by atoms with E-state index in [0.717, 1.165) is 10.5 Å². The molecular formula is C16H15ClO2S. The van der Waals surface area contributed by atoms with Gasteiger partial charge in [-0.2, -0.15) is 0 Å². The number of hydrogen-bond donors (Lipinski definition) is 0. The van der Waals surface area contributed by atoms with Crippen molar-refractivity contribution in [3.05, 3.63) is 58.6 Å². The SMILES string of the molecule is CSc1ccc(C(=O)COc2ccc(Cl)cc2C)cc1. The van der Waals surface area contributed by atoms with E-state index in [2.05, 4.69) is 0 Å². The van der Waals surface area contributed by atoms with E-state index < -0.39 is 0 Å². The smallest absolute Gasteiger partial charge is 0.200 e. The summed E-state index contributed by atoms with van der Waals surface area (Å²) >= 11 is 7.53. The highest BCUT2D eigenvalue weighted by Crippen LogP contribution is 2.22. The summed E-state index contributed by atoms with van der Waals surface area (Å²) in [5.41, 5.74) is 1.58. The predicted molar refractivity (Wildman–Crippen MR) is 84.2 cm³/mol. The molecule has 0 bridgehead atoms. The number of hydrogen-bond acceptors (Lipinski definition) is 3. The lowest BCUT2D eigenvalue weighted by Crippen LogP contribution is -2.12. The lowest BCUT2D eigenvalue weighted by molar-refractivity contribution is 0.0921. The van der Waals surface area contributed by atoms with Gasteiger partial charge in [-0.05, 0) is 49.1 Å². The van der Waals surface area contributed by atoms with Crippen molar-refractivity contribution in [3.63, 3.8) is 0 Å². The van der Waals surface area contributed by atoms with Crippen LogP contribution in [0.2, 0.25) is 5.02 Å². The van der Waals surface area contributed by atoms with E-state index in [9.17, 15) is 4.79 Å². The molecule has 0 aliphatic carbocycles. The number of carbonyl (C=O) groups is 1. The number of carbonyl (C=O) groups excluding carboxylic acids is 1. The molecule has 0 heterocycles. The van der Waals surface area contributed by atoms with Crippen molar-refractivity contribution in [3.8, 4) is 5.75 Å². The molecule has 0 amide bonds. The number of Topliss-reactive ketones (excluding diaryl/α,β-unsaturated/α-hetero) is 1. The first-order chi connectivity index (χ1) is 9.60. The lowest BCUT2D eigenvalue weighted by atomic mass is 10.1. The highest BCUT2D eigenvalue weighted by Gasteiger charge is 2.08. The van der Waals surface area contributed by atoms with Crippen LogP contribution in [0.4, 0.5) is 0 Å². The van der Waals surface area contributed by atoms with Gasteiger partial charge in [0.15, 0.2) is 12.4 Å². The number of ketones is 1. The van der Waals surface area contributed by atoms with Gasteiger partial charge >= 0.3 is 0 Å². The molecule has 2 aromatic rings. The number of ether oxygens (including phenoxy) is 1. The number of thioether (sulfide) groups is 1. The second-order valence-electron chi connectivity index (χ2n) is 4.35. The summed E-state index contributed by atoms with van der Waals surface area (Å²) in [4.78, 5) is 13.2. The third-order valence-corrected chi connectivity index (χ3v) is 3.89. The Bertz CT molecular complexity index is 608. The van der Waals surface area contributed by atoms with E-state index in [4.69, 9.17) is 16.3 Å². The van der Waals surface area contributed by atoms with Crippen LogP contribution >= 0.6 is 23.4 Å². The fraction of sp³-hybridized carbons (Fsp3) is 0.188. The first-order valence-corrected chi connectivity index (χ1v) is 7.76. The fourth-order valence-corrected chi connectivity index (χ4v) is 2.41. The zero-order valence-corrected chi connectivity index (χ0v) is 12.9. The third-order valence-electron chi connectivity index (χ3n) is 2.91. The maximum absolute atomic E-state index is 12.0. The van der Waals surface area contributed by atoms with Gasteiger partial charge in [0.25, 0.3) is 0 Å². The van der Waals surface area contributed by atoms with Crippen LogP contribution in [0.5, 0.6) is 5.75 Å². The van der Waals surface area contributed by atoms with Gasteiger partial charge in [-0.1, -0.05) is 23.7 Å². The Balaban J connectivity index is 2.00. The molecule has 0 aliphatic heterocycles. The molecule has 0 aliphatic rings. The molecular weight excluding hydrogens is 292 g/mol. The van der Waals surface area contributed by atoms with E-state index in [1.54, 1.807) is 23.9 Å². The summed E-state index contributed by atoms with van der Waals surface area (Å²) in [6.07, 6.45) is 2.00. The van der Waals surface area contributed by atoms with Crippen molar-refractivity contribution in [1.82, 2.24) is 0 Å². The first-order valence-electron chi connectivity index (χ1n) is 6.16. The van der Waals surface area contributed by atoms with Crippen LogP contribution in [0, 0.1) is 6.92 Å². The summed E-state index contributed by atoms with van der Waals surface area (Å²) < 4.78 is 5.55. The molecule has 2 nitrogen and oxygen atoms in total. The molecule has 2 aromatic carbocycles. The topological polar surface area (TPSA) is 26.3 Å². The average molecular weight is 307 g/mol. The normalized spacial score (nSPS) is 10.3. The largest absolute Gasteiger partial charge is 0.485 e. The van der Waals surface area contributed by atoms with Crippen LogP contribution in [0.3, 0.4) is 0 Å². The first kappa shape index (κ1) is 14.9. The summed E-state index contributed by atoms with van der Waals surface area (Å²) in [5, 5.41) is 0.661. The van der Waals surface area contributed by atoms with Crippen molar-refractivity contribution < 1.29 is 9.53 Å². The molecule has 0 aromatic heterocycles. The lowest BCUT2D eigenvalue weighted by Gasteiger charge is -2.09. The minimum absolute atomic E-state index is 0.0289. The Morgan fingerprint density at radius 1 is 1.20 bits per heavy atom. The Hall–Kier alpha value is -1.45. The summed E-state index contributed by atoms with van der Waals surface area (Å²) in [7, 11) is 0. The minimum atomic E-state index is -0.0352. The van der Waals surface area contributed by atoms with Crippen molar-refractivity contribution in [2.24, 2.45) is 0 Å². The van der Waals surface area contributed by atoms with E-state index in [1.807, 2.05) is 43.5 Å². The molecule has 4 heteroatoms. The van der Waals surface area contributed by atoms with Gasteiger partial charge in [0.1, 0.15) is 5.75 Å². The molecule has 0 atom stereocenters. The molecule has 104 valence electrons. The standard InChI is InChI=1S/C16H15ClO2S/c1-11-9-13(17)5-8-16(11)19-10-15(18)12-3-6-14(20-2)7-4-12/h3-9H,10H2,1-2H3. The van der Waals surface area contributed by atoms with Crippen LogP contribution < -0.4 is 4.74 Å². The van der Waals surface area contributed by atoms with Crippen LogP contribution in [-0.2, 0) is 0 Å². The Morgan fingerprint density at radius 2 is 1.90 bits per heavy atom. The summed E-state index contributed by atoms with van der Waals surface area (Å²) in [5.74, 6) is 0.649. The molecule has 2 rings (SSSR count). The van der Waals surface area contributed by atoms with Gasteiger partial charge in [0.05, 0.1) is 0 Å². The van der Waals surface area contributed by atoms with Gasteiger partial charge < -0.3 is 4.74 Å². The molecule has 0 spiro atoms. The number of rotatable bonds is 5. The average Bonchev–Trinajstić information content (AvgIpc) is 2.46. The van der Waals surface area contributed by atoms with Gasteiger partial charge in [0, 0.05) is 15.5 Å². The van der Waals surface area contributed by atoms with Crippen LogP contribution in [-0.4, -0.2) is 18.6 Å². The van der Waals surface area contributed by atoms with Gasteiger partial charge in [0.2, 0.25) is 0 Å². The van der Waals surface area contributed by atoms with Crippen molar-refractivity contribution >= 4 is 29.1 Å². The second-order valence-corrected chi connectivity index (χ2v) is 5.67. The zero-order chi connectivity index (χ0) is 14.5. The molecule has 0 radical (unpaired) electrons. The van der Waals surface area contributed by atoms with Crippen LogP contribution in [0.15, 0.2) is 47.4 Å². The van der Waals surface area contributed by atoms with Crippen LogP contribution in [0.1, 0.15) is 15.9 Å². The minimum Gasteiger partial charge on any atom is -0.485 e. The molecule has 0 saturated heterocycles. The number of benzene rings is 2. The fourth-order valence-electron chi connectivity index (χ4n) is 1.78. The van der Waals surface area contributed by atoms with E-state index >= 15 is 0 Å². The monoisotopic (exact) mass is 306 g/mol. The van der Waals surface area contributed by atoms with Crippen molar-refractivity contribution in [2.75, 3.05) is 12.9 Å². The molecule has 0 N–H and O–H groups in total. The van der Waals surface area contributed by atoms with Gasteiger partial charge in [-0.3, -0.25) is 4.79 Å². The Morgan fingerprint density at radius 3 is 2.50 bits per heavy atom. The number of aryl methyl sites for hydroxylation is 1. The Kier molecular flexibility index (Phi) is 5.10. The molecule has 20 heavy (non-hydrogen) atoms. The van der Waals surface area contributed by atoms with Gasteiger partial charge in [-0.15, -0.1) is 11.8 Å². The number of halogens is 1. The van der Waals surface area contributed by atoms with E-state index in [0.29, 0.717) is 16.3 Å². The highest BCUT2D eigenvalue weighted by atomic mass is 35.5. The molecule has 0 unspecified atom stereocenters. The van der Waals surface area contributed by atoms with E-state index in [1.165, 1.54) is 0 Å². The van der Waals surface area contributed by atoms with Gasteiger partial charge in [-0.25, -0.2) is 0 Å². The second kappa shape index (κ2) is 6.82. The molecule has 0 fully saturated rings. The Labute approximate surface area is 128 Å². The quantitative estimate of drug-likeness (QED) is 0.595. The zero-order valence-electron chi connectivity index (χ0n) is 11.4. The van der Waals surface area contributed by atoms with Crippen molar-refractivity contribution in [2.45, 2.75) is 11.8 Å². The highest BCUT2D eigenvalue weighted by molar-refractivity contribution is 7.98. The van der Waals surface area contributed by atoms with Crippen LogP contribution in [0.25, 0.3) is 0 Å². The van der Waals surface area contributed by atoms with Crippen molar-refractivity contribution in [1.29, 1.82) is 0 Å². The maximum Gasteiger partial charge on any atom is 0.200 e. The maximum atomic E-state index is 12.0. The summed E-state index contributed by atoms with van der Waals surface area (Å²) in [6.45, 7) is 1.93. The molecule has 0 saturated carbocycles. The predicted octanol–water partition coefficient (Wildman–Crippen LogP) is 4.63. The summed E-state index contributed by atoms with van der Waals surface area (Å²) in [6, 6.07) is 12.9.